The maximum absolute atomic E-state index is 12.2. The van der Waals surface area contributed by atoms with Crippen molar-refractivity contribution in [3.63, 3.8) is 0 Å². The first kappa shape index (κ1) is 17.0. The Hall–Kier alpha value is -2.39. The highest BCUT2D eigenvalue weighted by molar-refractivity contribution is 8.18. The van der Waals surface area contributed by atoms with Gasteiger partial charge in [-0.15, -0.1) is 23.0 Å². The van der Waals surface area contributed by atoms with E-state index in [-0.39, 0.29) is 22.5 Å². The number of methoxy groups -OCH3 is 1. The molecule has 7 nitrogen and oxygen atoms in total. The number of amidine groups is 1. The van der Waals surface area contributed by atoms with Gasteiger partial charge in [0.15, 0.2) is 5.17 Å². The van der Waals surface area contributed by atoms with E-state index in [9.17, 15) is 14.4 Å². The molecule has 120 valence electrons. The van der Waals surface area contributed by atoms with Crippen LogP contribution in [-0.4, -0.2) is 41.5 Å². The number of esters is 1. The number of thiophene rings is 1. The maximum atomic E-state index is 12.2. The molecule has 1 aromatic rings. The van der Waals surface area contributed by atoms with E-state index in [2.05, 4.69) is 21.8 Å². The van der Waals surface area contributed by atoms with Crippen LogP contribution in [0.5, 0.6) is 0 Å². The summed E-state index contributed by atoms with van der Waals surface area (Å²) < 4.78 is 4.51. The average molecular weight is 351 g/mol. The van der Waals surface area contributed by atoms with Gasteiger partial charge >= 0.3 is 5.97 Å². The molecular weight excluding hydrogens is 338 g/mol. The minimum absolute atomic E-state index is 0.169. The van der Waals surface area contributed by atoms with Crippen molar-refractivity contribution < 1.29 is 19.1 Å². The number of nitrogens with one attached hydrogen (secondary N) is 1. The Morgan fingerprint density at radius 1 is 1.52 bits per heavy atom. The zero-order valence-electron chi connectivity index (χ0n) is 12.1. The van der Waals surface area contributed by atoms with Crippen molar-refractivity contribution in [1.82, 2.24) is 10.3 Å². The lowest BCUT2D eigenvalue weighted by atomic mass is 10.4. The van der Waals surface area contributed by atoms with E-state index in [1.54, 1.807) is 17.5 Å². The Morgan fingerprint density at radius 3 is 2.91 bits per heavy atom. The third-order valence-corrected chi connectivity index (χ3v) is 4.52. The van der Waals surface area contributed by atoms with Crippen LogP contribution < -0.4 is 5.43 Å². The first-order valence-electron chi connectivity index (χ1n) is 6.38. The van der Waals surface area contributed by atoms with Crippen molar-refractivity contribution in [3.8, 4) is 0 Å². The van der Waals surface area contributed by atoms with Gasteiger partial charge < -0.3 is 4.74 Å². The van der Waals surface area contributed by atoms with Crippen molar-refractivity contribution in [1.29, 1.82) is 0 Å². The number of hydrazone groups is 1. The molecule has 2 rings (SSSR count). The Labute approximate surface area is 140 Å². The molecule has 0 saturated carbocycles. The van der Waals surface area contributed by atoms with Crippen LogP contribution in [0.4, 0.5) is 0 Å². The molecule has 1 aliphatic rings. The fourth-order valence-corrected chi connectivity index (χ4v) is 3.13. The second-order valence-electron chi connectivity index (χ2n) is 4.15. The summed E-state index contributed by atoms with van der Waals surface area (Å²) in [7, 11) is 1.22. The molecule has 0 atom stereocenters. The topological polar surface area (TPSA) is 88.1 Å². The van der Waals surface area contributed by atoms with Gasteiger partial charge in [-0.25, -0.2) is 10.2 Å². The summed E-state index contributed by atoms with van der Waals surface area (Å²) >= 11 is 2.26. The highest BCUT2D eigenvalue weighted by Crippen LogP contribution is 2.30. The number of rotatable bonds is 5. The van der Waals surface area contributed by atoms with Crippen LogP contribution in [0.25, 0.3) is 0 Å². The number of hydrogen-bond donors (Lipinski definition) is 1. The van der Waals surface area contributed by atoms with Gasteiger partial charge in [0.1, 0.15) is 0 Å². The number of thioether (sulfide) groups is 1. The van der Waals surface area contributed by atoms with E-state index in [4.69, 9.17) is 0 Å². The van der Waals surface area contributed by atoms with Gasteiger partial charge in [0, 0.05) is 12.6 Å². The molecule has 0 radical (unpaired) electrons. The molecule has 0 unspecified atom stereocenters. The number of carbonyl (C=O) groups is 3. The van der Waals surface area contributed by atoms with Crippen LogP contribution in [0.2, 0.25) is 0 Å². The molecule has 0 aliphatic carbocycles. The number of ether oxygens (including phenoxy) is 1. The van der Waals surface area contributed by atoms with Crippen LogP contribution in [0.15, 0.2) is 46.3 Å². The lowest BCUT2D eigenvalue weighted by Gasteiger charge is -2.12. The molecule has 0 spiro atoms. The highest BCUT2D eigenvalue weighted by atomic mass is 32.2. The molecule has 0 bridgehead atoms. The zero-order chi connectivity index (χ0) is 16.8. The van der Waals surface area contributed by atoms with Crippen LogP contribution in [-0.2, 0) is 14.3 Å². The predicted octanol–water partition coefficient (Wildman–Crippen LogP) is 1.57. The van der Waals surface area contributed by atoms with Crippen LogP contribution in [0.1, 0.15) is 9.67 Å². The molecule has 1 saturated heterocycles. The second-order valence-corrected chi connectivity index (χ2v) is 6.11. The molecule has 1 N–H and O–H groups in total. The summed E-state index contributed by atoms with van der Waals surface area (Å²) in [6.07, 6.45) is 2.61. The zero-order valence-corrected chi connectivity index (χ0v) is 13.8. The number of amides is 2. The highest BCUT2D eigenvalue weighted by Gasteiger charge is 2.33. The molecule has 1 fully saturated rings. The molecule has 1 aliphatic heterocycles. The first-order chi connectivity index (χ1) is 11.1. The van der Waals surface area contributed by atoms with E-state index < -0.39 is 11.9 Å². The van der Waals surface area contributed by atoms with Crippen molar-refractivity contribution in [2.45, 2.75) is 0 Å². The molecule has 1 aromatic heterocycles. The average Bonchev–Trinajstić information content (AvgIpc) is 3.17. The largest absolute Gasteiger partial charge is 0.466 e. The minimum Gasteiger partial charge on any atom is -0.466 e. The fraction of sp³-hybridized carbons (Fsp3) is 0.143. The fourth-order valence-electron chi connectivity index (χ4n) is 1.61. The summed E-state index contributed by atoms with van der Waals surface area (Å²) in [5.74, 6) is -1.41. The van der Waals surface area contributed by atoms with E-state index in [0.717, 1.165) is 17.8 Å². The van der Waals surface area contributed by atoms with Crippen LogP contribution in [0.3, 0.4) is 0 Å². The summed E-state index contributed by atoms with van der Waals surface area (Å²) in [6, 6.07) is 3.42. The van der Waals surface area contributed by atoms with Gasteiger partial charge in [-0.3, -0.25) is 14.5 Å². The standard InChI is InChI=1S/C14H13N3O4S2/c1-3-6-17-13(20)10(8-11(18)21-2)23-14(17)16-15-12(19)9-5-4-7-22-9/h3-5,7-8H,1,6H2,2H3,(H,15,19)/b10-8-,16-14-. The van der Waals surface area contributed by atoms with E-state index >= 15 is 0 Å². The lowest BCUT2D eigenvalue weighted by Crippen LogP contribution is -2.31. The Morgan fingerprint density at radius 2 is 2.30 bits per heavy atom. The lowest BCUT2D eigenvalue weighted by molar-refractivity contribution is -0.135. The van der Waals surface area contributed by atoms with Crippen molar-refractivity contribution in [3.05, 3.63) is 46.0 Å². The summed E-state index contributed by atoms with van der Waals surface area (Å²) in [5, 5.41) is 6.00. The third-order valence-electron chi connectivity index (χ3n) is 2.65. The SMILES string of the molecule is C=CCN1C(=O)/C(=C/C(=O)OC)S/C1=N\NC(=O)c1cccs1. The summed E-state index contributed by atoms with van der Waals surface area (Å²) in [6.45, 7) is 3.78. The number of nitrogens with zero attached hydrogens (tertiary/aromatic N) is 2. The molecule has 0 aromatic carbocycles. The Kier molecular flexibility index (Phi) is 5.72. The summed E-state index contributed by atoms with van der Waals surface area (Å²) in [5.41, 5.74) is 2.39. The van der Waals surface area contributed by atoms with Crippen molar-refractivity contribution >= 4 is 46.0 Å². The van der Waals surface area contributed by atoms with E-state index in [1.165, 1.54) is 29.4 Å². The van der Waals surface area contributed by atoms with Crippen LogP contribution >= 0.6 is 23.1 Å². The van der Waals surface area contributed by atoms with Crippen molar-refractivity contribution in [2.75, 3.05) is 13.7 Å². The van der Waals surface area contributed by atoms with E-state index in [0.29, 0.717) is 4.88 Å². The van der Waals surface area contributed by atoms with Gasteiger partial charge in [0.05, 0.1) is 16.9 Å². The van der Waals surface area contributed by atoms with E-state index in [1.807, 2.05) is 0 Å². The first-order valence-corrected chi connectivity index (χ1v) is 8.08. The quantitative estimate of drug-likeness (QED) is 0.376. The Balaban J connectivity index is 2.18. The summed E-state index contributed by atoms with van der Waals surface area (Å²) in [4.78, 5) is 37.4. The monoisotopic (exact) mass is 351 g/mol. The Bertz CT molecular complexity index is 695. The molecular formula is C14H13N3O4S2. The van der Waals surface area contributed by atoms with Crippen LogP contribution in [0, 0.1) is 0 Å². The van der Waals surface area contributed by atoms with Gasteiger partial charge in [-0.1, -0.05) is 12.1 Å². The number of carbonyl (C=O) groups excluding carboxylic acids is 3. The minimum atomic E-state index is -0.636. The normalized spacial score (nSPS) is 17.6. The van der Waals surface area contributed by atoms with Gasteiger partial charge in [-0.05, 0) is 23.2 Å². The molecule has 9 heteroatoms. The molecule has 2 heterocycles. The van der Waals surface area contributed by atoms with Gasteiger partial charge in [0.25, 0.3) is 11.8 Å². The maximum Gasteiger partial charge on any atom is 0.331 e. The third kappa shape index (κ3) is 4.08. The predicted molar refractivity (Wildman–Crippen MR) is 88.8 cm³/mol. The van der Waals surface area contributed by atoms with Gasteiger partial charge in [-0.2, -0.15) is 0 Å². The van der Waals surface area contributed by atoms with Crippen molar-refractivity contribution in [2.24, 2.45) is 5.10 Å². The molecule has 23 heavy (non-hydrogen) atoms. The smallest absolute Gasteiger partial charge is 0.331 e. The molecule has 2 amide bonds. The van der Waals surface area contributed by atoms with Gasteiger partial charge in [0.2, 0.25) is 0 Å². The number of hydrogen-bond acceptors (Lipinski definition) is 7. The second kappa shape index (κ2) is 7.75.